The maximum atomic E-state index is 11.9. The third-order valence-corrected chi connectivity index (χ3v) is 3.14. The van der Waals surface area contributed by atoms with Crippen LogP contribution in [0.5, 0.6) is 5.75 Å². The summed E-state index contributed by atoms with van der Waals surface area (Å²) in [5, 5.41) is 0. The first-order valence-electron chi connectivity index (χ1n) is 7.98. The Bertz CT molecular complexity index is 495. The molecule has 0 unspecified atom stereocenters. The van der Waals surface area contributed by atoms with Crippen LogP contribution >= 0.6 is 0 Å². The normalized spacial score (nSPS) is 10.1. The van der Waals surface area contributed by atoms with Crippen molar-refractivity contribution in [1.29, 1.82) is 0 Å². The van der Waals surface area contributed by atoms with E-state index in [0.29, 0.717) is 38.7 Å². The molecular formula is C17H26N2O5. The topological polar surface area (TPSA) is 68.3 Å². The van der Waals surface area contributed by atoms with Crippen molar-refractivity contribution in [2.45, 2.75) is 13.3 Å². The number of para-hydroxylation sites is 1. The summed E-state index contributed by atoms with van der Waals surface area (Å²) in [6.07, 6.45) is -0.00401. The SMILES string of the molecule is CCCOC(=O)N(C)CCOCCN(C)C(=O)Oc1ccccc1. The Morgan fingerprint density at radius 3 is 2.08 bits per heavy atom. The zero-order chi connectivity index (χ0) is 17.8. The summed E-state index contributed by atoms with van der Waals surface area (Å²) in [5.41, 5.74) is 0. The monoisotopic (exact) mass is 338 g/mol. The first-order chi connectivity index (χ1) is 11.5. The van der Waals surface area contributed by atoms with Gasteiger partial charge in [0.25, 0.3) is 0 Å². The predicted molar refractivity (Wildman–Crippen MR) is 90.2 cm³/mol. The van der Waals surface area contributed by atoms with Crippen molar-refractivity contribution in [3.05, 3.63) is 30.3 Å². The lowest BCUT2D eigenvalue weighted by atomic mass is 10.3. The van der Waals surface area contributed by atoms with Gasteiger partial charge in [-0.25, -0.2) is 9.59 Å². The fourth-order valence-electron chi connectivity index (χ4n) is 1.65. The average Bonchev–Trinajstić information content (AvgIpc) is 2.59. The first kappa shape index (κ1) is 19.8. The molecular weight excluding hydrogens is 312 g/mol. The molecule has 2 amide bonds. The lowest BCUT2D eigenvalue weighted by molar-refractivity contribution is 0.0761. The highest BCUT2D eigenvalue weighted by Crippen LogP contribution is 2.09. The van der Waals surface area contributed by atoms with Gasteiger partial charge in [0.15, 0.2) is 0 Å². The van der Waals surface area contributed by atoms with Crippen molar-refractivity contribution in [2.24, 2.45) is 0 Å². The van der Waals surface area contributed by atoms with Crippen molar-refractivity contribution in [2.75, 3.05) is 47.0 Å². The van der Waals surface area contributed by atoms with Gasteiger partial charge in [-0.2, -0.15) is 0 Å². The number of likely N-dealkylation sites (N-methyl/N-ethyl adjacent to an activating group) is 2. The van der Waals surface area contributed by atoms with Crippen LogP contribution in [0.4, 0.5) is 9.59 Å². The number of benzene rings is 1. The number of hydrogen-bond donors (Lipinski definition) is 0. The second kappa shape index (κ2) is 11.3. The molecule has 0 spiro atoms. The Balaban J connectivity index is 2.13. The maximum absolute atomic E-state index is 11.9. The fourth-order valence-corrected chi connectivity index (χ4v) is 1.65. The van der Waals surface area contributed by atoms with E-state index in [-0.39, 0.29) is 6.09 Å². The summed E-state index contributed by atoms with van der Waals surface area (Å²) in [7, 11) is 3.30. The number of hydrogen-bond acceptors (Lipinski definition) is 5. The van der Waals surface area contributed by atoms with Gasteiger partial charge in [-0.3, -0.25) is 0 Å². The molecule has 0 aliphatic heterocycles. The molecule has 0 aromatic heterocycles. The van der Waals surface area contributed by atoms with Gasteiger partial charge in [-0.15, -0.1) is 0 Å². The average molecular weight is 338 g/mol. The van der Waals surface area contributed by atoms with Crippen molar-refractivity contribution in [1.82, 2.24) is 9.80 Å². The molecule has 0 saturated heterocycles. The Kier molecular flexibility index (Phi) is 9.29. The minimum atomic E-state index is -0.440. The molecule has 1 aromatic rings. The number of rotatable bonds is 9. The molecule has 7 heteroatoms. The molecule has 1 rings (SSSR count). The first-order valence-corrected chi connectivity index (χ1v) is 7.98. The molecule has 0 aliphatic carbocycles. The van der Waals surface area contributed by atoms with Crippen LogP contribution in [0.2, 0.25) is 0 Å². The van der Waals surface area contributed by atoms with Crippen LogP contribution in [0, 0.1) is 0 Å². The zero-order valence-electron chi connectivity index (χ0n) is 14.6. The molecule has 0 atom stereocenters. The van der Waals surface area contributed by atoms with Crippen LogP contribution in [0.15, 0.2) is 30.3 Å². The standard InChI is InChI=1S/C17H26N2O5/c1-4-12-23-16(20)18(2)10-13-22-14-11-19(3)17(21)24-15-8-6-5-7-9-15/h5-9H,4,10-14H2,1-3H3. The highest BCUT2D eigenvalue weighted by atomic mass is 16.6. The molecule has 0 heterocycles. The van der Waals surface area contributed by atoms with Crippen LogP contribution < -0.4 is 4.74 Å². The van der Waals surface area contributed by atoms with Crippen molar-refractivity contribution >= 4 is 12.2 Å². The Morgan fingerprint density at radius 1 is 0.917 bits per heavy atom. The van der Waals surface area contributed by atoms with E-state index in [4.69, 9.17) is 14.2 Å². The largest absolute Gasteiger partial charge is 0.449 e. The third-order valence-electron chi connectivity index (χ3n) is 3.14. The van der Waals surface area contributed by atoms with Gasteiger partial charge < -0.3 is 24.0 Å². The predicted octanol–water partition coefficient (Wildman–Crippen LogP) is 2.61. The Hall–Kier alpha value is -2.28. The van der Waals surface area contributed by atoms with Crippen LogP contribution in [0.3, 0.4) is 0 Å². The molecule has 0 fully saturated rings. The Labute approximate surface area is 143 Å². The highest BCUT2D eigenvalue weighted by Gasteiger charge is 2.11. The van der Waals surface area contributed by atoms with E-state index in [1.54, 1.807) is 38.4 Å². The van der Waals surface area contributed by atoms with E-state index >= 15 is 0 Å². The van der Waals surface area contributed by atoms with E-state index in [1.165, 1.54) is 9.80 Å². The van der Waals surface area contributed by atoms with Gasteiger partial charge in [-0.05, 0) is 18.6 Å². The summed E-state index contributed by atoms with van der Waals surface area (Å²) in [5.74, 6) is 0.502. The van der Waals surface area contributed by atoms with Crippen molar-refractivity contribution in [3.63, 3.8) is 0 Å². The lowest BCUT2D eigenvalue weighted by Crippen LogP contribution is -2.34. The molecule has 7 nitrogen and oxygen atoms in total. The quantitative estimate of drug-likeness (QED) is 0.648. The van der Waals surface area contributed by atoms with Crippen LogP contribution in [0.1, 0.15) is 13.3 Å². The minimum Gasteiger partial charge on any atom is -0.449 e. The van der Waals surface area contributed by atoms with E-state index < -0.39 is 6.09 Å². The summed E-state index contributed by atoms with van der Waals surface area (Å²) in [6.45, 7) is 3.92. The minimum absolute atomic E-state index is 0.357. The summed E-state index contributed by atoms with van der Waals surface area (Å²) in [6, 6.07) is 8.89. The van der Waals surface area contributed by atoms with Gasteiger partial charge in [-0.1, -0.05) is 25.1 Å². The molecule has 0 bridgehead atoms. The Morgan fingerprint density at radius 2 is 1.50 bits per heavy atom. The van der Waals surface area contributed by atoms with Gasteiger partial charge in [0.1, 0.15) is 5.75 Å². The second-order valence-corrected chi connectivity index (χ2v) is 5.25. The third kappa shape index (κ3) is 7.82. The molecule has 1 aromatic carbocycles. The van der Waals surface area contributed by atoms with Crippen molar-refractivity contribution < 1.29 is 23.8 Å². The molecule has 0 N–H and O–H groups in total. The number of amides is 2. The molecule has 0 aliphatic rings. The van der Waals surface area contributed by atoms with Gasteiger partial charge >= 0.3 is 12.2 Å². The summed E-state index contributed by atoms with van der Waals surface area (Å²) >= 11 is 0. The molecule has 24 heavy (non-hydrogen) atoms. The zero-order valence-corrected chi connectivity index (χ0v) is 14.6. The van der Waals surface area contributed by atoms with E-state index in [2.05, 4.69) is 0 Å². The number of nitrogens with zero attached hydrogens (tertiary/aromatic N) is 2. The smallest absolute Gasteiger partial charge is 0.415 e. The second-order valence-electron chi connectivity index (χ2n) is 5.25. The molecule has 134 valence electrons. The molecule has 0 saturated carbocycles. The number of carbonyl (C=O) groups is 2. The van der Waals surface area contributed by atoms with Crippen LogP contribution in [-0.4, -0.2) is 69.0 Å². The van der Waals surface area contributed by atoms with E-state index in [9.17, 15) is 9.59 Å². The van der Waals surface area contributed by atoms with Gasteiger partial charge in [0.2, 0.25) is 0 Å². The highest BCUT2D eigenvalue weighted by molar-refractivity contribution is 5.70. The van der Waals surface area contributed by atoms with E-state index in [1.807, 2.05) is 13.0 Å². The maximum Gasteiger partial charge on any atom is 0.415 e. The van der Waals surface area contributed by atoms with Gasteiger partial charge in [0.05, 0.1) is 19.8 Å². The molecule has 0 radical (unpaired) electrons. The lowest BCUT2D eigenvalue weighted by Gasteiger charge is -2.18. The fraction of sp³-hybridized carbons (Fsp3) is 0.529. The van der Waals surface area contributed by atoms with Crippen LogP contribution in [-0.2, 0) is 9.47 Å². The van der Waals surface area contributed by atoms with Gasteiger partial charge in [0, 0.05) is 27.2 Å². The summed E-state index contributed by atoms with van der Waals surface area (Å²) in [4.78, 5) is 26.3. The van der Waals surface area contributed by atoms with Crippen LogP contribution in [0.25, 0.3) is 0 Å². The van der Waals surface area contributed by atoms with E-state index in [0.717, 1.165) is 6.42 Å². The van der Waals surface area contributed by atoms with Crippen molar-refractivity contribution in [3.8, 4) is 5.75 Å². The number of ether oxygens (including phenoxy) is 3. The summed E-state index contributed by atoms with van der Waals surface area (Å²) < 4.78 is 15.6. The number of carbonyl (C=O) groups excluding carboxylic acids is 2.